The fourth-order valence-corrected chi connectivity index (χ4v) is 3.27. The molecule has 142 valence electrons. The summed E-state index contributed by atoms with van der Waals surface area (Å²) in [6.07, 6.45) is 2.01. The second-order valence-electron chi connectivity index (χ2n) is 5.80. The minimum Gasteiger partial charge on any atom is -0.493 e. The summed E-state index contributed by atoms with van der Waals surface area (Å²) in [6.45, 7) is 6.34. The first-order chi connectivity index (χ1) is 12.7. The van der Waals surface area contributed by atoms with Gasteiger partial charge in [-0.25, -0.2) is 9.98 Å². The Labute approximate surface area is 159 Å². The number of ether oxygens (including phenoxy) is 2. The maximum absolute atomic E-state index is 5.34. The molecule has 0 spiro atoms. The predicted molar refractivity (Wildman–Crippen MR) is 108 cm³/mol. The molecule has 1 aromatic heterocycles. The van der Waals surface area contributed by atoms with E-state index in [1.807, 2.05) is 25.1 Å². The van der Waals surface area contributed by atoms with Gasteiger partial charge in [-0.2, -0.15) is 0 Å². The van der Waals surface area contributed by atoms with Gasteiger partial charge in [-0.15, -0.1) is 11.3 Å². The average Bonchev–Trinajstić information content (AvgIpc) is 3.07. The zero-order chi connectivity index (χ0) is 18.8. The second-order valence-corrected chi connectivity index (χ2v) is 6.74. The molecule has 2 aromatic rings. The van der Waals surface area contributed by atoms with Gasteiger partial charge in [0.2, 0.25) is 0 Å². The summed E-state index contributed by atoms with van der Waals surface area (Å²) in [7, 11) is 3.27. The van der Waals surface area contributed by atoms with E-state index in [1.54, 1.807) is 25.6 Å². The Morgan fingerprint density at radius 1 is 1.19 bits per heavy atom. The van der Waals surface area contributed by atoms with Gasteiger partial charge >= 0.3 is 0 Å². The lowest BCUT2D eigenvalue weighted by atomic mass is 10.2. The highest BCUT2D eigenvalue weighted by atomic mass is 32.1. The van der Waals surface area contributed by atoms with E-state index in [-0.39, 0.29) is 0 Å². The van der Waals surface area contributed by atoms with Crippen molar-refractivity contribution >= 4 is 17.3 Å². The highest BCUT2D eigenvalue weighted by Gasteiger charge is 2.05. The molecule has 0 radical (unpaired) electrons. The Morgan fingerprint density at radius 2 is 2.00 bits per heavy atom. The lowest BCUT2D eigenvalue weighted by Crippen LogP contribution is -2.37. The van der Waals surface area contributed by atoms with Crippen molar-refractivity contribution in [1.29, 1.82) is 0 Å². The summed E-state index contributed by atoms with van der Waals surface area (Å²) < 4.78 is 10.6. The number of nitrogens with one attached hydrogen (secondary N) is 2. The van der Waals surface area contributed by atoms with Crippen LogP contribution >= 0.6 is 11.3 Å². The van der Waals surface area contributed by atoms with Gasteiger partial charge in [0, 0.05) is 30.6 Å². The summed E-state index contributed by atoms with van der Waals surface area (Å²) in [5.74, 6) is 2.26. The molecular formula is C19H28N4O2S. The highest BCUT2D eigenvalue weighted by molar-refractivity contribution is 7.09. The molecule has 0 saturated carbocycles. The molecule has 2 N–H and O–H groups in total. The standard InChI is InChI=1S/C19H28N4O2S/c1-5-20-19(21-10-6-7-18-23-14(2)13-26-18)22-12-15-8-9-16(24-3)17(11-15)25-4/h8-9,11,13H,5-7,10,12H2,1-4H3,(H2,20,21,22). The number of benzene rings is 1. The molecule has 0 fully saturated rings. The van der Waals surface area contributed by atoms with Crippen molar-refractivity contribution in [3.05, 3.63) is 39.8 Å². The largest absolute Gasteiger partial charge is 0.493 e. The van der Waals surface area contributed by atoms with Crippen LogP contribution < -0.4 is 20.1 Å². The number of nitrogens with zero attached hydrogens (tertiary/aromatic N) is 2. The van der Waals surface area contributed by atoms with Crippen molar-refractivity contribution in [1.82, 2.24) is 15.6 Å². The summed E-state index contributed by atoms with van der Waals surface area (Å²) in [5, 5.41) is 9.94. The van der Waals surface area contributed by atoms with Crippen LogP contribution in [-0.4, -0.2) is 38.3 Å². The third kappa shape index (κ3) is 6.22. The van der Waals surface area contributed by atoms with Crippen LogP contribution in [0.4, 0.5) is 0 Å². The van der Waals surface area contributed by atoms with Crippen LogP contribution in [0.25, 0.3) is 0 Å². The van der Waals surface area contributed by atoms with E-state index in [0.29, 0.717) is 6.54 Å². The number of hydrogen-bond donors (Lipinski definition) is 2. The molecule has 6 nitrogen and oxygen atoms in total. The summed E-state index contributed by atoms with van der Waals surface area (Å²) in [5.41, 5.74) is 2.17. The number of thiazole rings is 1. The van der Waals surface area contributed by atoms with Gasteiger partial charge in [-0.1, -0.05) is 6.07 Å². The molecule has 2 rings (SSSR count). The van der Waals surface area contributed by atoms with Gasteiger partial charge in [0.15, 0.2) is 17.5 Å². The lowest BCUT2D eigenvalue weighted by molar-refractivity contribution is 0.354. The highest BCUT2D eigenvalue weighted by Crippen LogP contribution is 2.27. The number of hydrogen-bond acceptors (Lipinski definition) is 5. The molecule has 7 heteroatoms. The van der Waals surface area contributed by atoms with Crippen LogP contribution in [-0.2, 0) is 13.0 Å². The number of rotatable bonds is 9. The van der Waals surface area contributed by atoms with E-state index in [1.165, 1.54) is 5.01 Å². The van der Waals surface area contributed by atoms with E-state index < -0.39 is 0 Å². The number of guanidine groups is 1. The average molecular weight is 377 g/mol. The minimum absolute atomic E-state index is 0.571. The third-order valence-corrected chi connectivity index (χ3v) is 4.76. The van der Waals surface area contributed by atoms with Crippen molar-refractivity contribution in [3.8, 4) is 11.5 Å². The van der Waals surface area contributed by atoms with Crippen LogP contribution in [0.1, 0.15) is 29.6 Å². The Bertz CT molecular complexity index is 715. The van der Waals surface area contributed by atoms with Crippen LogP contribution in [0.15, 0.2) is 28.6 Å². The number of aliphatic imine (C=N–C) groups is 1. The van der Waals surface area contributed by atoms with Crippen molar-refractivity contribution in [2.24, 2.45) is 4.99 Å². The maximum atomic E-state index is 5.34. The number of aromatic nitrogens is 1. The van der Waals surface area contributed by atoms with Crippen LogP contribution in [0, 0.1) is 6.92 Å². The van der Waals surface area contributed by atoms with Gasteiger partial charge in [0.25, 0.3) is 0 Å². The van der Waals surface area contributed by atoms with Crippen LogP contribution in [0.5, 0.6) is 11.5 Å². The van der Waals surface area contributed by atoms with E-state index >= 15 is 0 Å². The molecule has 0 saturated heterocycles. The zero-order valence-electron chi connectivity index (χ0n) is 16.0. The summed E-state index contributed by atoms with van der Waals surface area (Å²) in [4.78, 5) is 9.14. The van der Waals surface area contributed by atoms with Crippen LogP contribution in [0.3, 0.4) is 0 Å². The first-order valence-electron chi connectivity index (χ1n) is 8.80. The third-order valence-electron chi connectivity index (χ3n) is 3.74. The van der Waals surface area contributed by atoms with E-state index in [2.05, 4.69) is 32.9 Å². The first-order valence-corrected chi connectivity index (χ1v) is 9.68. The lowest BCUT2D eigenvalue weighted by Gasteiger charge is -2.12. The van der Waals surface area contributed by atoms with Crippen molar-refractivity contribution in [3.63, 3.8) is 0 Å². The molecule has 0 unspecified atom stereocenters. The topological polar surface area (TPSA) is 67.8 Å². The fourth-order valence-electron chi connectivity index (χ4n) is 2.46. The monoisotopic (exact) mass is 376 g/mol. The molecule has 26 heavy (non-hydrogen) atoms. The molecule has 0 aliphatic carbocycles. The van der Waals surface area contributed by atoms with Crippen molar-refractivity contribution in [2.75, 3.05) is 27.3 Å². The molecule has 1 aromatic carbocycles. The molecular weight excluding hydrogens is 348 g/mol. The smallest absolute Gasteiger partial charge is 0.191 e. The fraction of sp³-hybridized carbons (Fsp3) is 0.474. The summed E-state index contributed by atoms with van der Waals surface area (Å²) in [6, 6.07) is 5.86. The normalized spacial score (nSPS) is 11.3. The Kier molecular flexibility index (Phi) is 8.21. The Hall–Kier alpha value is -2.28. The van der Waals surface area contributed by atoms with E-state index in [4.69, 9.17) is 9.47 Å². The van der Waals surface area contributed by atoms with Gasteiger partial charge in [0.1, 0.15) is 0 Å². The minimum atomic E-state index is 0.571. The first kappa shape index (κ1) is 20.0. The number of methoxy groups -OCH3 is 2. The molecule has 1 heterocycles. The predicted octanol–water partition coefficient (Wildman–Crippen LogP) is 3.16. The van der Waals surface area contributed by atoms with Gasteiger partial charge in [-0.05, 0) is 38.0 Å². The molecule has 0 atom stereocenters. The Morgan fingerprint density at radius 3 is 2.65 bits per heavy atom. The molecule has 0 amide bonds. The number of aryl methyl sites for hydroxylation is 2. The second kappa shape index (κ2) is 10.7. The van der Waals surface area contributed by atoms with E-state index in [9.17, 15) is 0 Å². The van der Waals surface area contributed by atoms with Gasteiger partial charge in [-0.3, -0.25) is 0 Å². The van der Waals surface area contributed by atoms with Crippen LogP contribution in [0.2, 0.25) is 0 Å². The van der Waals surface area contributed by atoms with Crippen molar-refractivity contribution < 1.29 is 9.47 Å². The quantitative estimate of drug-likeness (QED) is 0.400. The molecule has 0 aliphatic heterocycles. The molecule has 0 bridgehead atoms. The summed E-state index contributed by atoms with van der Waals surface area (Å²) >= 11 is 1.73. The zero-order valence-corrected chi connectivity index (χ0v) is 16.8. The SMILES string of the molecule is CCNC(=NCc1ccc(OC)c(OC)c1)NCCCc1nc(C)cs1. The van der Waals surface area contributed by atoms with Gasteiger partial charge in [0.05, 0.1) is 25.8 Å². The Balaban J connectivity index is 1.87. The van der Waals surface area contributed by atoms with Gasteiger partial charge < -0.3 is 20.1 Å². The molecule has 0 aliphatic rings. The maximum Gasteiger partial charge on any atom is 0.191 e. The van der Waals surface area contributed by atoms with Crippen molar-refractivity contribution in [2.45, 2.75) is 33.2 Å². The van der Waals surface area contributed by atoms with E-state index in [0.717, 1.165) is 54.6 Å².